The fraction of sp³-hybridized carbons (Fsp3) is 0.190. The van der Waals surface area contributed by atoms with E-state index in [2.05, 4.69) is 32.7 Å². The fourth-order valence-electron chi connectivity index (χ4n) is 2.61. The molecule has 6 heteroatoms. The van der Waals surface area contributed by atoms with Crippen LogP contribution in [0, 0.1) is 5.82 Å². The first-order chi connectivity index (χ1) is 13.2. The third-order valence-corrected chi connectivity index (χ3v) is 4.09. The first kappa shape index (κ1) is 18.5. The molecule has 138 valence electrons. The lowest BCUT2D eigenvalue weighted by molar-refractivity contribution is 0.0953. The molecular formula is C21H21FN4O. The van der Waals surface area contributed by atoms with Gasteiger partial charge in [-0.1, -0.05) is 48.5 Å². The van der Waals surface area contributed by atoms with Crippen LogP contribution in [0.3, 0.4) is 0 Å². The van der Waals surface area contributed by atoms with Gasteiger partial charge in [0.05, 0.1) is 5.56 Å². The zero-order chi connectivity index (χ0) is 18.9. The number of aromatic nitrogens is 2. The van der Waals surface area contributed by atoms with Gasteiger partial charge in [0.15, 0.2) is 0 Å². The topological polar surface area (TPSA) is 66.9 Å². The molecule has 3 rings (SSSR count). The van der Waals surface area contributed by atoms with Crippen molar-refractivity contribution in [3.63, 3.8) is 0 Å². The van der Waals surface area contributed by atoms with Crippen LogP contribution < -0.4 is 10.6 Å². The molecule has 0 aliphatic heterocycles. The first-order valence-electron chi connectivity index (χ1n) is 8.84. The Bertz CT molecular complexity index is 869. The highest BCUT2D eigenvalue weighted by atomic mass is 19.1. The molecule has 27 heavy (non-hydrogen) atoms. The lowest BCUT2D eigenvalue weighted by Crippen LogP contribution is -2.26. The summed E-state index contributed by atoms with van der Waals surface area (Å²) < 4.78 is 13.6. The van der Waals surface area contributed by atoms with Gasteiger partial charge in [-0.3, -0.25) is 4.79 Å². The van der Waals surface area contributed by atoms with Gasteiger partial charge in [0.2, 0.25) is 5.95 Å². The van der Waals surface area contributed by atoms with Crippen molar-refractivity contribution >= 4 is 11.9 Å². The molecule has 0 aliphatic rings. The fourth-order valence-corrected chi connectivity index (χ4v) is 2.61. The summed E-state index contributed by atoms with van der Waals surface area (Å²) in [4.78, 5) is 20.5. The first-order valence-corrected chi connectivity index (χ1v) is 8.84. The van der Waals surface area contributed by atoms with Crippen molar-refractivity contribution in [1.82, 2.24) is 15.3 Å². The molecule has 0 saturated carbocycles. The van der Waals surface area contributed by atoms with E-state index in [4.69, 9.17) is 0 Å². The van der Waals surface area contributed by atoms with Gasteiger partial charge in [-0.05, 0) is 30.0 Å². The molecule has 1 heterocycles. The molecule has 0 spiro atoms. The van der Waals surface area contributed by atoms with E-state index in [0.29, 0.717) is 36.6 Å². The number of anilines is 1. The second-order valence-electron chi connectivity index (χ2n) is 6.06. The number of hydrogen-bond donors (Lipinski definition) is 2. The van der Waals surface area contributed by atoms with Crippen molar-refractivity contribution in [2.24, 2.45) is 0 Å². The van der Waals surface area contributed by atoms with Gasteiger partial charge in [0.1, 0.15) is 5.82 Å². The summed E-state index contributed by atoms with van der Waals surface area (Å²) in [5.41, 5.74) is 2.18. The monoisotopic (exact) mass is 364 g/mol. The Labute approximate surface area is 157 Å². The maximum atomic E-state index is 13.6. The van der Waals surface area contributed by atoms with Crippen LogP contribution in [0.15, 0.2) is 67.0 Å². The highest BCUT2D eigenvalue weighted by Gasteiger charge is 2.07. The Morgan fingerprint density at radius 3 is 2.33 bits per heavy atom. The highest BCUT2D eigenvalue weighted by molar-refractivity contribution is 5.93. The molecule has 0 atom stereocenters. The highest BCUT2D eigenvalue weighted by Crippen LogP contribution is 2.07. The van der Waals surface area contributed by atoms with Gasteiger partial charge in [-0.15, -0.1) is 0 Å². The van der Waals surface area contributed by atoms with Crippen molar-refractivity contribution in [3.05, 3.63) is 89.5 Å². The molecule has 0 radical (unpaired) electrons. The molecule has 0 unspecified atom stereocenters. The number of carbonyl (C=O) groups is 1. The van der Waals surface area contributed by atoms with Gasteiger partial charge in [0.25, 0.3) is 5.91 Å². The van der Waals surface area contributed by atoms with Crippen molar-refractivity contribution in [3.8, 4) is 0 Å². The van der Waals surface area contributed by atoms with E-state index in [1.165, 1.54) is 24.0 Å². The molecule has 2 N–H and O–H groups in total. The Balaban J connectivity index is 1.43. The minimum Gasteiger partial charge on any atom is -0.354 e. The Morgan fingerprint density at radius 1 is 0.889 bits per heavy atom. The van der Waals surface area contributed by atoms with Crippen molar-refractivity contribution in [2.45, 2.75) is 12.8 Å². The van der Waals surface area contributed by atoms with Crippen LogP contribution in [-0.4, -0.2) is 29.0 Å². The van der Waals surface area contributed by atoms with Crippen LogP contribution in [0.25, 0.3) is 0 Å². The number of amides is 1. The Kier molecular flexibility index (Phi) is 6.46. The van der Waals surface area contributed by atoms with E-state index < -0.39 is 0 Å². The van der Waals surface area contributed by atoms with E-state index >= 15 is 0 Å². The number of halogens is 1. The van der Waals surface area contributed by atoms with Gasteiger partial charge < -0.3 is 10.6 Å². The Hall–Kier alpha value is -3.28. The summed E-state index contributed by atoms with van der Waals surface area (Å²) in [5.74, 6) is -0.0583. The number of hydrogen-bond acceptors (Lipinski definition) is 4. The van der Waals surface area contributed by atoms with E-state index in [9.17, 15) is 9.18 Å². The van der Waals surface area contributed by atoms with Gasteiger partial charge in [0, 0.05) is 25.5 Å². The van der Waals surface area contributed by atoms with E-state index in [0.717, 1.165) is 6.42 Å². The second kappa shape index (κ2) is 9.43. The van der Waals surface area contributed by atoms with Crippen molar-refractivity contribution in [2.75, 3.05) is 18.4 Å². The zero-order valence-electron chi connectivity index (χ0n) is 14.9. The molecule has 3 aromatic rings. The number of nitrogens with zero attached hydrogens (tertiary/aromatic N) is 2. The average molecular weight is 364 g/mol. The largest absolute Gasteiger partial charge is 0.354 e. The molecule has 0 bridgehead atoms. The van der Waals surface area contributed by atoms with Gasteiger partial charge >= 0.3 is 0 Å². The number of nitrogens with one attached hydrogen (secondary N) is 2. The lowest BCUT2D eigenvalue weighted by atomic mass is 10.1. The number of carbonyl (C=O) groups excluding carboxylic acids is 1. The minimum absolute atomic E-state index is 0.263. The van der Waals surface area contributed by atoms with Crippen LogP contribution >= 0.6 is 0 Å². The van der Waals surface area contributed by atoms with Gasteiger partial charge in [-0.2, -0.15) is 0 Å². The third kappa shape index (κ3) is 5.60. The second-order valence-corrected chi connectivity index (χ2v) is 6.06. The molecule has 0 saturated heterocycles. The molecule has 0 fully saturated rings. The van der Waals surface area contributed by atoms with Crippen molar-refractivity contribution in [1.29, 1.82) is 0 Å². The molecule has 5 nitrogen and oxygen atoms in total. The van der Waals surface area contributed by atoms with Crippen LogP contribution in [-0.2, 0) is 12.8 Å². The third-order valence-electron chi connectivity index (χ3n) is 4.09. The summed E-state index contributed by atoms with van der Waals surface area (Å²) >= 11 is 0. The molecule has 1 amide bonds. The quantitative estimate of drug-likeness (QED) is 0.644. The Morgan fingerprint density at radius 2 is 1.59 bits per heavy atom. The van der Waals surface area contributed by atoms with E-state index in [1.54, 1.807) is 18.2 Å². The summed E-state index contributed by atoms with van der Waals surface area (Å²) in [6.07, 6.45) is 4.26. The summed E-state index contributed by atoms with van der Waals surface area (Å²) in [7, 11) is 0. The van der Waals surface area contributed by atoms with Gasteiger partial charge in [-0.25, -0.2) is 14.4 Å². The zero-order valence-corrected chi connectivity index (χ0v) is 14.9. The predicted octanol–water partition coefficient (Wildman–Crippen LogP) is 3.24. The molecule has 1 aromatic heterocycles. The molecule has 0 aliphatic carbocycles. The summed E-state index contributed by atoms with van der Waals surface area (Å²) in [5, 5.41) is 5.89. The van der Waals surface area contributed by atoms with Crippen LogP contribution in [0.1, 0.15) is 21.5 Å². The summed E-state index contributed by atoms with van der Waals surface area (Å²) in [6.45, 7) is 1.05. The van der Waals surface area contributed by atoms with Crippen LogP contribution in [0.5, 0.6) is 0 Å². The van der Waals surface area contributed by atoms with Crippen molar-refractivity contribution < 1.29 is 9.18 Å². The average Bonchev–Trinajstić information content (AvgIpc) is 2.71. The van der Waals surface area contributed by atoms with E-state index in [1.807, 2.05) is 18.2 Å². The molecular weight excluding hydrogens is 343 g/mol. The maximum absolute atomic E-state index is 13.6. The maximum Gasteiger partial charge on any atom is 0.254 e. The standard InChI is InChI=1S/C21H21FN4O/c22-19-9-5-4-8-17(19)11-13-23-20(27)18-14-25-21(26-15-18)24-12-10-16-6-2-1-3-7-16/h1-9,14-15H,10-13H2,(H,23,27)(H,24,25,26). The minimum atomic E-state index is -0.276. The SMILES string of the molecule is O=C(NCCc1ccccc1F)c1cnc(NCCc2ccccc2)nc1. The molecule has 2 aromatic carbocycles. The predicted molar refractivity (Wildman–Crippen MR) is 103 cm³/mol. The normalized spacial score (nSPS) is 10.4. The lowest BCUT2D eigenvalue weighted by Gasteiger charge is -2.07. The van der Waals surface area contributed by atoms with E-state index in [-0.39, 0.29) is 11.7 Å². The number of benzene rings is 2. The smallest absolute Gasteiger partial charge is 0.254 e. The van der Waals surface area contributed by atoms with Crippen LogP contribution in [0.2, 0.25) is 0 Å². The number of rotatable bonds is 8. The summed E-state index contributed by atoms with van der Waals surface area (Å²) in [6, 6.07) is 16.7. The van der Waals surface area contributed by atoms with Crippen LogP contribution in [0.4, 0.5) is 10.3 Å².